The van der Waals surface area contributed by atoms with Crippen LogP contribution < -0.4 is 0 Å². The first-order chi connectivity index (χ1) is 10.8. The zero-order valence-corrected chi connectivity index (χ0v) is 20.0. The minimum absolute atomic E-state index is 0. The minimum Gasteiger partial charge on any atom is -0.490 e. The predicted octanol–water partition coefficient (Wildman–Crippen LogP) is 1.72. The smallest absolute Gasteiger partial charge is 0.209 e. The van der Waals surface area contributed by atoms with Gasteiger partial charge in [0.2, 0.25) is 12.3 Å². The van der Waals surface area contributed by atoms with Crippen LogP contribution in [0.1, 0.15) is 21.1 Å². The number of rotatable bonds is 3. The number of hydrogen-bond donors (Lipinski definition) is 0. The van der Waals surface area contributed by atoms with Crippen molar-refractivity contribution in [3.63, 3.8) is 0 Å². The maximum absolute atomic E-state index is 12.3. The summed E-state index contributed by atoms with van der Waals surface area (Å²) in [4.78, 5) is 40.8. The van der Waals surface area contributed by atoms with Crippen LogP contribution >= 0.6 is 35.9 Å². The first-order valence-electron chi connectivity index (χ1n) is 7.54. The van der Waals surface area contributed by atoms with Gasteiger partial charge in [-0.15, -0.1) is 29.4 Å². The van der Waals surface area contributed by atoms with Crippen molar-refractivity contribution >= 4 is 48.2 Å². The molecule has 0 saturated carbocycles. The fraction of sp³-hybridized carbons (Fsp3) is 0.714. The van der Waals surface area contributed by atoms with E-state index in [2.05, 4.69) is 6.92 Å². The Morgan fingerprint density at radius 1 is 1.42 bits per heavy atom. The summed E-state index contributed by atoms with van der Waals surface area (Å²) in [7, 11) is 0. The van der Waals surface area contributed by atoms with Crippen molar-refractivity contribution in [1.29, 1.82) is 0 Å². The Morgan fingerprint density at radius 2 is 1.96 bits per heavy atom. The summed E-state index contributed by atoms with van der Waals surface area (Å²) in [5.74, 6) is 0.120. The molecule has 2 amide bonds. The number of nitrogens with zero attached hydrogens (tertiary/aromatic N) is 3. The molecular formula is C14H24IN3O4SY-2. The van der Waals surface area contributed by atoms with Gasteiger partial charge in [0.05, 0.1) is 6.54 Å². The summed E-state index contributed by atoms with van der Waals surface area (Å²) in [6, 6.07) is 1.06. The first-order valence-corrected chi connectivity index (χ1v) is 8.22. The maximum Gasteiger partial charge on any atom is 0.209 e. The quantitative estimate of drug-likeness (QED) is 0.232. The van der Waals surface area contributed by atoms with Crippen LogP contribution in [-0.2, 0) is 42.3 Å². The Hall–Kier alpha value is 0.684. The Bertz CT molecular complexity index is 444. The molecule has 0 spiro atoms. The molecule has 10 heteroatoms. The molecule has 0 aromatic rings. The van der Waals surface area contributed by atoms with Gasteiger partial charge in [-0.3, -0.25) is 13.9 Å². The predicted molar refractivity (Wildman–Crippen MR) is 103 cm³/mol. The summed E-state index contributed by atoms with van der Waals surface area (Å²) in [5, 5.41) is 0. The number of hydrogen-bond acceptors (Lipinski definition) is 6. The van der Waals surface area contributed by atoms with Crippen molar-refractivity contribution in [2.24, 2.45) is 5.41 Å². The topological polar surface area (TPSA) is 78.0 Å². The maximum atomic E-state index is 12.3. The van der Waals surface area contributed by atoms with Gasteiger partial charge in [-0.25, -0.2) is 6.04 Å². The average molecular weight is 548 g/mol. The van der Waals surface area contributed by atoms with Crippen LogP contribution in [0, 0.1) is 28.3 Å². The van der Waals surface area contributed by atoms with Gasteiger partial charge < -0.3 is 16.7 Å². The molecule has 0 bridgehead atoms. The van der Waals surface area contributed by atoms with Crippen molar-refractivity contribution in [1.82, 2.24) is 14.1 Å². The molecule has 137 valence electrons. The molecule has 2 aliphatic rings. The molecule has 0 unspecified atom stereocenters. The van der Waals surface area contributed by atoms with Crippen LogP contribution in [0.15, 0.2) is 0 Å². The van der Waals surface area contributed by atoms with Crippen LogP contribution in [0.4, 0.5) is 0 Å². The van der Waals surface area contributed by atoms with E-state index in [0.717, 1.165) is 25.4 Å². The van der Waals surface area contributed by atoms with Gasteiger partial charge in [-0.1, -0.05) is 31.3 Å². The van der Waals surface area contributed by atoms with Crippen molar-refractivity contribution < 1.29 is 43.7 Å². The number of piperidine rings is 1. The molecule has 0 aromatic carbocycles. The van der Waals surface area contributed by atoms with E-state index in [-0.39, 0.29) is 68.0 Å². The zero-order chi connectivity index (χ0) is 17.6. The molecule has 2 aliphatic heterocycles. The molecular weight excluding hydrogens is 522 g/mol. The molecule has 2 heterocycles. The summed E-state index contributed by atoms with van der Waals surface area (Å²) in [5.41, 5.74) is -0.218. The van der Waals surface area contributed by atoms with Crippen LogP contribution in [0.3, 0.4) is 0 Å². The molecule has 24 heavy (non-hydrogen) atoms. The molecule has 0 atom stereocenters. The molecule has 0 N–H and O–H groups in total. The van der Waals surface area contributed by atoms with E-state index in [1.165, 1.54) is 4.90 Å². The molecule has 0 aromatic heterocycles. The second kappa shape index (κ2) is 12.9. The van der Waals surface area contributed by atoms with Gasteiger partial charge in [-0.05, 0) is 12.8 Å². The van der Waals surface area contributed by atoms with E-state index in [1.54, 1.807) is 11.9 Å². The van der Waals surface area contributed by atoms with E-state index in [4.69, 9.17) is 11.3 Å². The Labute approximate surface area is 191 Å². The Morgan fingerprint density at radius 3 is 2.38 bits per heavy atom. The number of halogens is 1. The van der Waals surface area contributed by atoms with Crippen molar-refractivity contribution in [2.75, 3.05) is 39.0 Å². The number of carbonyl (C=O) groups is 2. The molecule has 2 fully saturated rings. The zero-order valence-electron chi connectivity index (χ0n) is 15.0. The second-order valence-corrected chi connectivity index (χ2v) is 6.66. The van der Waals surface area contributed by atoms with E-state index in [9.17, 15) is 9.59 Å². The third kappa shape index (κ3) is 7.51. The van der Waals surface area contributed by atoms with E-state index < -0.39 is 6.39 Å². The van der Waals surface area contributed by atoms with E-state index in [1.807, 2.05) is 22.4 Å². The summed E-state index contributed by atoms with van der Waals surface area (Å²) >= 11 is 1.59. The monoisotopic (exact) mass is 548 g/mol. The van der Waals surface area contributed by atoms with Gasteiger partial charge in [-0.2, -0.15) is 6.92 Å². The summed E-state index contributed by atoms with van der Waals surface area (Å²) in [6.07, 6.45) is 2.83. The molecule has 2 rings (SSSR count). The Kier molecular flexibility index (Phi) is 13.3. The SMILES string of the molecule is I.O=O.[3H]C(=O)N1CCC([CH2-])(CN2C(=O)CN(SC)C[C-]2C)CC1.[Y]. The molecule has 1 radical (unpaired) electrons. The van der Waals surface area contributed by atoms with Gasteiger partial charge in [0.15, 0.2) is 0 Å². The first kappa shape index (κ1) is 24.7. The van der Waals surface area contributed by atoms with Crippen LogP contribution in [0.2, 0.25) is 0 Å². The van der Waals surface area contributed by atoms with Gasteiger partial charge in [0, 0.05) is 55.7 Å². The number of piperazine rings is 1. The largest absolute Gasteiger partial charge is 0.490 e. The molecule has 0 aliphatic carbocycles. The van der Waals surface area contributed by atoms with Crippen molar-refractivity contribution in [3.05, 3.63) is 22.9 Å². The van der Waals surface area contributed by atoms with Crippen LogP contribution in [0.5, 0.6) is 0 Å². The fourth-order valence-corrected chi connectivity index (χ4v) is 3.32. The van der Waals surface area contributed by atoms with E-state index in [0.29, 0.717) is 26.2 Å². The van der Waals surface area contributed by atoms with Gasteiger partial charge in [0.25, 0.3) is 0 Å². The van der Waals surface area contributed by atoms with E-state index >= 15 is 0 Å². The van der Waals surface area contributed by atoms with Crippen LogP contribution in [-0.4, -0.2) is 65.4 Å². The normalized spacial score (nSPS) is 21.6. The average Bonchev–Trinajstić information content (AvgIpc) is 2.53. The van der Waals surface area contributed by atoms with Crippen molar-refractivity contribution in [3.8, 4) is 0 Å². The number of likely N-dealkylation sites (tertiary alicyclic amines) is 1. The fourth-order valence-electron chi connectivity index (χ4n) is 2.76. The molecule has 2 saturated heterocycles. The second-order valence-electron chi connectivity index (χ2n) is 5.77. The summed E-state index contributed by atoms with van der Waals surface area (Å²) < 4.78 is 9.20. The molecule has 7 nitrogen and oxygen atoms in total. The van der Waals surface area contributed by atoms with Gasteiger partial charge in [0.1, 0.15) is 1.37 Å². The third-order valence-electron chi connectivity index (χ3n) is 4.18. The minimum atomic E-state index is -0.621. The third-order valence-corrected chi connectivity index (χ3v) is 4.96. The van der Waals surface area contributed by atoms with Crippen LogP contribution in [0.25, 0.3) is 0 Å². The summed E-state index contributed by atoms with van der Waals surface area (Å²) in [6.45, 7) is 9.25. The Balaban J connectivity index is 0. The number of amides is 2. The van der Waals surface area contributed by atoms with Crippen molar-refractivity contribution in [2.45, 2.75) is 19.8 Å². The van der Waals surface area contributed by atoms with Gasteiger partial charge >= 0.3 is 0 Å². The standard InChI is InChI=1S/C14H23N3O2S.HI.O2.Y/c1-12-8-16(20-3)9-13(19)17(12)10-14(2)4-6-15(11-18)7-5-14;;1-2;/h11H,2,4-10H2,1,3H3;1H;;/q-2;;;/i11T;;;. The number of carbonyl (C=O) groups excluding carboxylic acids is 2.